The van der Waals surface area contributed by atoms with Crippen LogP contribution in [0, 0.1) is 0 Å². The first kappa shape index (κ1) is 13.3. The lowest BCUT2D eigenvalue weighted by atomic mass is 9.74. The maximum absolute atomic E-state index is 11.8. The van der Waals surface area contributed by atoms with Gasteiger partial charge in [0.1, 0.15) is 6.54 Å². The van der Waals surface area contributed by atoms with Gasteiger partial charge in [0.25, 0.3) is 5.91 Å². The van der Waals surface area contributed by atoms with E-state index in [1.807, 2.05) is 0 Å². The van der Waals surface area contributed by atoms with Gasteiger partial charge in [0.05, 0.1) is 18.5 Å². The lowest BCUT2D eigenvalue weighted by Crippen LogP contribution is -2.57. The molecule has 2 aliphatic rings. The first-order valence-electron chi connectivity index (χ1n) is 6.03. The predicted molar refractivity (Wildman–Crippen MR) is 62.1 cm³/mol. The van der Waals surface area contributed by atoms with Crippen molar-refractivity contribution in [3.05, 3.63) is 0 Å². The maximum atomic E-state index is 11.8. The van der Waals surface area contributed by atoms with Crippen molar-refractivity contribution in [1.29, 1.82) is 0 Å². The summed E-state index contributed by atoms with van der Waals surface area (Å²) in [4.78, 5) is 46.0. The van der Waals surface area contributed by atoms with Crippen molar-refractivity contribution in [3.8, 4) is 0 Å². The van der Waals surface area contributed by atoms with Crippen LogP contribution in [-0.2, 0) is 14.4 Å². The third-order valence-electron chi connectivity index (χ3n) is 3.44. The zero-order valence-corrected chi connectivity index (χ0v) is 10.3. The van der Waals surface area contributed by atoms with E-state index >= 15 is 0 Å². The van der Waals surface area contributed by atoms with Crippen molar-refractivity contribution in [2.24, 2.45) is 0 Å². The van der Waals surface area contributed by atoms with Crippen molar-refractivity contribution in [2.45, 2.75) is 31.2 Å². The molecule has 1 aliphatic heterocycles. The van der Waals surface area contributed by atoms with Gasteiger partial charge >= 0.3 is 12.0 Å². The largest absolute Gasteiger partial charge is 0.481 e. The molecule has 1 heterocycles. The molecule has 0 bridgehead atoms. The van der Waals surface area contributed by atoms with Crippen LogP contribution in [0.25, 0.3) is 0 Å². The Hall–Kier alpha value is -2.12. The average Bonchev–Trinajstić information content (AvgIpc) is 2.57. The van der Waals surface area contributed by atoms with E-state index in [1.54, 1.807) is 0 Å². The highest BCUT2D eigenvalue weighted by atomic mass is 16.4. The Bertz CT molecular complexity index is 428. The van der Waals surface area contributed by atoms with E-state index in [0.717, 1.165) is 11.3 Å². The summed E-state index contributed by atoms with van der Waals surface area (Å²) in [6.45, 7) is -0.474. The number of imide groups is 1. The van der Waals surface area contributed by atoms with Gasteiger partial charge in [-0.05, 0) is 19.3 Å². The van der Waals surface area contributed by atoms with E-state index in [4.69, 9.17) is 5.11 Å². The van der Waals surface area contributed by atoms with Gasteiger partial charge in [-0.3, -0.25) is 19.3 Å². The van der Waals surface area contributed by atoms with Gasteiger partial charge in [-0.25, -0.2) is 4.79 Å². The molecule has 2 rings (SSSR count). The first-order valence-corrected chi connectivity index (χ1v) is 6.03. The maximum Gasteiger partial charge on any atom is 0.325 e. The third-order valence-corrected chi connectivity index (χ3v) is 3.44. The molecule has 104 valence electrons. The average molecular weight is 269 g/mol. The monoisotopic (exact) mass is 269 g/mol. The number of nitrogens with one attached hydrogen (secondary N) is 2. The fourth-order valence-corrected chi connectivity index (χ4v) is 2.33. The van der Waals surface area contributed by atoms with E-state index in [0.29, 0.717) is 12.8 Å². The van der Waals surface area contributed by atoms with Crippen molar-refractivity contribution in [2.75, 3.05) is 13.1 Å². The summed E-state index contributed by atoms with van der Waals surface area (Å²) in [6, 6.07) is -0.596. The number of carboxylic acid groups (broad SMARTS) is 1. The lowest BCUT2D eigenvalue weighted by molar-refractivity contribution is -0.141. The summed E-state index contributed by atoms with van der Waals surface area (Å²) in [5.41, 5.74) is -0.720. The Labute approximate surface area is 109 Å². The van der Waals surface area contributed by atoms with Gasteiger partial charge < -0.3 is 15.7 Å². The summed E-state index contributed by atoms with van der Waals surface area (Å²) in [7, 11) is 0. The smallest absolute Gasteiger partial charge is 0.325 e. The van der Waals surface area contributed by atoms with Gasteiger partial charge in [-0.2, -0.15) is 0 Å². The van der Waals surface area contributed by atoms with Crippen LogP contribution >= 0.6 is 0 Å². The number of nitrogens with zero attached hydrogens (tertiary/aromatic N) is 1. The predicted octanol–water partition coefficient (Wildman–Crippen LogP) is -0.948. The Morgan fingerprint density at radius 2 is 2.05 bits per heavy atom. The molecule has 8 nitrogen and oxygen atoms in total. The van der Waals surface area contributed by atoms with Crippen LogP contribution in [-0.4, -0.2) is 52.4 Å². The number of aliphatic carboxylic acids is 1. The summed E-state index contributed by atoms with van der Waals surface area (Å²) in [6.07, 6.45) is 1.92. The molecule has 0 aromatic rings. The number of rotatable bonds is 5. The minimum absolute atomic E-state index is 0.105. The lowest BCUT2D eigenvalue weighted by Gasteiger charge is -2.41. The number of carbonyl (C=O) groups is 4. The Morgan fingerprint density at radius 3 is 2.47 bits per heavy atom. The van der Waals surface area contributed by atoms with Gasteiger partial charge in [0.15, 0.2) is 0 Å². The third kappa shape index (κ3) is 2.83. The molecule has 0 aromatic carbocycles. The SMILES string of the molecule is O=C(O)CC1(NC(=O)CN2C(=O)CNC2=O)CCC1. The standard InChI is InChI=1S/C11H15N3O5/c15-7(6-14-8(16)5-12-10(14)19)13-11(2-1-3-11)4-9(17)18/h1-6H2,(H,12,19)(H,13,15)(H,17,18). The van der Waals surface area contributed by atoms with Crippen LogP contribution < -0.4 is 10.6 Å². The van der Waals surface area contributed by atoms with Crippen LogP contribution in [0.4, 0.5) is 4.79 Å². The number of amides is 4. The molecular formula is C11H15N3O5. The normalized spacial score (nSPS) is 20.7. The van der Waals surface area contributed by atoms with Crippen LogP contribution in [0.3, 0.4) is 0 Å². The quantitative estimate of drug-likeness (QED) is 0.557. The highest BCUT2D eigenvalue weighted by molar-refractivity contribution is 6.04. The molecule has 8 heteroatoms. The van der Waals surface area contributed by atoms with Gasteiger partial charge in [-0.1, -0.05) is 0 Å². The molecule has 0 atom stereocenters. The van der Waals surface area contributed by atoms with Gasteiger partial charge in [-0.15, -0.1) is 0 Å². The summed E-state index contributed by atoms with van der Waals surface area (Å²) in [5, 5.41) is 13.8. The van der Waals surface area contributed by atoms with Crippen molar-refractivity contribution in [1.82, 2.24) is 15.5 Å². The summed E-state index contributed by atoms with van der Waals surface area (Å²) >= 11 is 0. The Kier molecular flexibility index (Phi) is 3.41. The molecule has 3 N–H and O–H groups in total. The molecular weight excluding hydrogens is 254 g/mol. The fraction of sp³-hybridized carbons (Fsp3) is 0.636. The van der Waals surface area contributed by atoms with Crippen molar-refractivity contribution < 1.29 is 24.3 Å². The van der Waals surface area contributed by atoms with E-state index in [9.17, 15) is 19.2 Å². The molecule has 1 aliphatic carbocycles. The van der Waals surface area contributed by atoms with Crippen molar-refractivity contribution in [3.63, 3.8) is 0 Å². The van der Waals surface area contributed by atoms with Gasteiger partial charge in [0, 0.05) is 0 Å². The van der Waals surface area contributed by atoms with Crippen LogP contribution in [0.2, 0.25) is 0 Å². The molecule has 4 amide bonds. The van der Waals surface area contributed by atoms with Crippen LogP contribution in [0.15, 0.2) is 0 Å². The fourth-order valence-electron chi connectivity index (χ4n) is 2.33. The molecule has 2 fully saturated rings. The van der Waals surface area contributed by atoms with E-state index in [1.165, 1.54) is 0 Å². The Balaban J connectivity index is 1.91. The highest BCUT2D eigenvalue weighted by Gasteiger charge is 2.41. The minimum atomic E-state index is -0.977. The highest BCUT2D eigenvalue weighted by Crippen LogP contribution is 2.34. The van der Waals surface area contributed by atoms with Crippen LogP contribution in [0.1, 0.15) is 25.7 Å². The Morgan fingerprint density at radius 1 is 1.37 bits per heavy atom. The molecule has 0 spiro atoms. The summed E-state index contributed by atoms with van der Waals surface area (Å²) in [5.74, 6) is -1.94. The zero-order chi connectivity index (χ0) is 14.0. The second-order valence-electron chi connectivity index (χ2n) is 4.89. The zero-order valence-electron chi connectivity index (χ0n) is 10.3. The minimum Gasteiger partial charge on any atom is -0.481 e. The van der Waals surface area contributed by atoms with Crippen molar-refractivity contribution >= 4 is 23.8 Å². The second-order valence-corrected chi connectivity index (χ2v) is 4.89. The topological polar surface area (TPSA) is 116 Å². The number of carbonyl (C=O) groups excluding carboxylic acids is 3. The van der Waals surface area contributed by atoms with E-state index < -0.39 is 29.4 Å². The number of hydrogen-bond donors (Lipinski definition) is 3. The molecule has 1 saturated heterocycles. The van der Waals surface area contributed by atoms with E-state index in [-0.39, 0.29) is 19.5 Å². The molecule has 19 heavy (non-hydrogen) atoms. The number of carboxylic acids is 1. The molecule has 0 unspecified atom stereocenters. The number of urea groups is 1. The van der Waals surface area contributed by atoms with Gasteiger partial charge in [0.2, 0.25) is 5.91 Å². The molecule has 1 saturated carbocycles. The summed E-state index contributed by atoms with van der Waals surface area (Å²) < 4.78 is 0. The van der Waals surface area contributed by atoms with E-state index in [2.05, 4.69) is 10.6 Å². The first-order chi connectivity index (χ1) is 8.92. The molecule has 0 aromatic heterocycles. The van der Waals surface area contributed by atoms with Crippen LogP contribution in [0.5, 0.6) is 0 Å². The number of hydrogen-bond acceptors (Lipinski definition) is 4. The molecule has 0 radical (unpaired) electrons. The second kappa shape index (κ2) is 4.87.